The number of halogens is 1. The summed E-state index contributed by atoms with van der Waals surface area (Å²) < 4.78 is 18.0. The average molecular weight is 401 g/mol. The van der Waals surface area contributed by atoms with Crippen LogP contribution in [0.2, 0.25) is 0 Å². The van der Waals surface area contributed by atoms with Gasteiger partial charge in [0.1, 0.15) is 11.6 Å². The number of anilines is 2. The van der Waals surface area contributed by atoms with E-state index >= 15 is 0 Å². The molecule has 2 N–H and O–H groups in total. The van der Waals surface area contributed by atoms with E-state index in [1.807, 2.05) is 19.1 Å². The quantitative estimate of drug-likeness (QED) is 0.708. The third kappa shape index (κ3) is 6.47. The Hall–Kier alpha value is -2.58. The number of piperidine rings is 1. The highest BCUT2D eigenvalue weighted by Crippen LogP contribution is 2.27. The molecule has 0 bridgehead atoms. The number of carbonyl (C=O) groups is 1. The van der Waals surface area contributed by atoms with Gasteiger partial charge in [-0.3, -0.25) is 14.7 Å². The van der Waals surface area contributed by atoms with E-state index in [-0.39, 0.29) is 17.8 Å². The number of ether oxygens (including phenoxy) is 1. The molecule has 8 heteroatoms. The lowest BCUT2D eigenvalue weighted by molar-refractivity contribution is -0.123. The molecule has 156 valence electrons. The number of nitrogens with one attached hydrogen (secondary N) is 2. The smallest absolute Gasteiger partial charge is 0.234 e. The van der Waals surface area contributed by atoms with Crippen molar-refractivity contribution in [1.82, 2.24) is 20.2 Å². The summed E-state index contributed by atoms with van der Waals surface area (Å²) in [4.78, 5) is 22.9. The van der Waals surface area contributed by atoms with E-state index in [1.165, 1.54) is 12.3 Å². The Morgan fingerprint density at radius 2 is 2.03 bits per heavy atom. The zero-order valence-electron chi connectivity index (χ0n) is 16.9. The van der Waals surface area contributed by atoms with Gasteiger partial charge in [0.05, 0.1) is 31.2 Å². The van der Waals surface area contributed by atoms with Crippen LogP contribution in [-0.2, 0) is 9.53 Å². The Bertz CT molecular complexity index is 777. The van der Waals surface area contributed by atoms with Gasteiger partial charge in [0.2, 0.25) is 5.91 Å². The molecular formula is C21H28FN5O2. The second-order valence-electron chi connectivity index (χ2n) is 7.43. The number of pyridine rings is 2. The van der Waals surface area contributed by atoms with Crippen LogP contribution < -0.4 is 10.6 Å². The number of rotatable bonds is 8. The number of amides is 1. The minimum atomic E-state index is -0.364. The Balaban J connectivity index is 1.45. The van der Waals surface area contributed by atoms with Crippen molar-refractivity contribution in [1.29, 1.82) is 0 Å². The number of nitrogens with zero attached hydrogens (tertiary/aromatic N) is 3. The topological polar surface area (TPSA) is 79.4 Å². The first-order valence-electron chi connectivity index (χ1n) is 9.88. The van der Waals surface area contributed by atoms with Crippen molar-refractivity contribution in [3.63, 3.8) is 0 Å². The summed E-state index contributed by atoms with van der Waals surface area (Å²) in [7, 11) is 1.63. The fourth-order valence-corrected chi connectivity index (χ4v) is 3.52. The van der Waals surface area contributed by atoms with E-state index in [9.17, 15) is 9.18 Å². The second-order valence-corrected chi connectivity index (χ2v) is 7.43. The fraction of sp³-hybridized carbons (Fsp3) is 0.476. The van der Waals surface area contributed by atoms with E-state index < -0.39 is 0 Å². The Labute approximate surface area is 170 Å². The Morgan fingerprint density at radius 3 is 2.66 bits per heavy atom. The molecule has 0 spiro atoms. The van der Waals surface area contributed by atoms with Gasteiger partial charge in [-0.25, -0.2) is 9.37 Å². The molecule has 2 aromatic heterocycles. The molecule has 0 aliphatic carbocycles. The van der Waals surface area contributed by atoms with Crippen molar-refractivity contribution in [2.75, 3.05) is 38.7 Å². The van der Waals surface area contributed by atoms with E-state index in [4.69, 9.17) is 4.74 Å². The lowest BCUT2D eigenvalue weighted by atomic mass is 9.93. The number of aromatic nitrogens is 2. The first kappa shape index (κ1) is 21.1. The van der Waals surface area contributed by atoms with Crippen molar-refractivity contribution in [3.05, 3.63) is 48.2 Å². The molecule has 29 heavy (non-hydrogen) atoms. The van der Waals surface area contributed by atoms with Crippen LogP contribution in [0.25, 0.3) is 0 Å². The number of methoxy groups -OCH3 is 1. The van der Waals surface area contributed by atoms with Gasteiger partial charge in [-0.15, -0.1) is 0 Å². The minimum Gasteiger partial charge on any atom is -0.383 e. The third-order valence-corrected chi connectivity index (χ3v) is 4.98. The molecule has 0 saturated carbocycles. The Kier molecular flexibility index (Phi) is 7.48. The Morgan fingerprint density at radius 1 is 1.24 bits per heavy atom. The highest BCUT2D eigenvalue weighted by atomic mass is 19.1. The molecule has 1 fully saturated rings. The van der Waals surface area contributed by atoms with Crippen molar-refractivity contribution in [3.8, 4) is 0 Å². The molecule has 1 saturated heterocycles. The van der Waals surface area contributed by atoms with Gasteiger partial charge < -0.3 is 15.4 Å². The van der Waals surface area contributed by atoms with Crippen LogP contribution in [0.3, 0.4) is 0 Å². The fourth-order valence-electron chi connectivity index (χ4n) is 3.52. The van der Waals surface area contributed by atoms with Gasteiger partial charge in [-0.05, 0) is 57.1 Å². The van der Waals surface area contributed by atoms with Crippen molar-refractivity contribution < 1.29 is 13.9 Å². The molecule has 1 amide bonds. The first-order chi connectivity index (χ1) is 14.0. The number of hydrogen-bond acceptors (Lipinski definition) is 6. The molecule has 1 unspecified atom stereocenters. The predicted molar refractivity (Wildman–Crippen MR) is 110 cm³/mol. The molecule has 3 heterocycles. The number of likely N-dealkylation sites (tertiary alicyclic amines) is 1. The molecule has 1 aliphatic rings. The summed E-state index contributed by atoms with van der Waals surface area (Å²) in [5, 5.41) is 6.06. The maximum atomic E-state index is 12.9. The molecule has 2 aromatic rings. The van der Waals surface area contributed by atoms with Gasteiger partial charge in [0.25, 0.3) is 0 Å². The molecule has 0 radical (unpaired) electrons. The van der Waals surface area contributed by atoms with Gasteiger partial charge in [0.15, 0.2) is 0 Å². The maximum absolute atomic E-state index is 12.9. The van der Waals surface area contributed by atoms with Gasteiger partial charge in [0, 0.05) is 24.8 Å². The zero-order chi connectivity index (χ0) is 20.6. The van der Waals surface area contributed by atoms with Crippen molar-refractivity contribution in [2.24, 2.45) is 0 Å². The number of hydrogen-bond donors (Lipinski definition) is 2. The van der Waals surface area contributed by atoms with Crippen LogP contribution in [0.4, 0.5) is 15.9 Å². The maximum Gasteiger partial charge on any atom is 0.234 e. The van der Waals surface area contributed by atoms with Crippen LogP contribution in [0.5, 0.6) is 0 Å². The van der Waals surface area contributed by atoms with Crippen LogP contribution in [0, 0.1) is 5.82 Å². The van der Waals surface area contributed by atoms with Gasteiger partial charge in [-0.1, -0.05) is 0 Å². The van der Waals surface area contributed by atoms with Crippen LogP contribution >= 0.6 is 0 Å². The van der Waals surface area contributed by atoms with Crippen LogP contribution in [0.1, 0.15) is 31.4 Å². The highest BCUT2D eigenvalue weighted by molar-refractivity contribution is 5.78. The summed E-state index contributed by atoms with van der Waals surface area (Å²) in [6, 6.07) is 6.95. The molecule has 3 rings (SSSR count). The van der Waals surface area contributed by atoms with E-state index in [0.717, 1.165) is 37.3 Å². The van der Waals surface area contributed by atoms with Crippen LogP contribution in [0.15, 0.2) is 36.7 Å². The molecular weight excluding hydrogens is 373 g/mol. The molecule has 1 atom stereocenters. The lowest BCUT2D eigenvalue weighted by Crippen LogP contribution is -2.44. The van der Waals surface area contributed by atoms with Crippen molar-refractivity contribution in [2.45, 2.75) is 31.7 Å². The standard InChI is InChI=1S/C21H28FN5O2/c1-15(14-29-2)25-21(28)13-27-9-7-16(8-10-27)19-5-4-18(12-23-19)26-20-6-3-17(22)11-24-20/h3-6,11-12,15-16H,7-10,13-14H2,1-2H3,(H,24,26)(H,25,28). The normalized spacial score (nSPS) is 16.4. The highest BCUT2D eigenvalue weighted by Gasteiger charge is 2.23. The summed E-state index contributed by atoms with van der Waals surface area (Å²) in [5.41, 5.74) is 1.87. The third-order valence-electron chi connectivity index (χ3n) is 4.98. The predicted octanol–water partition coefficient (Wildman–Crippen LogP) is 2.69. The van der Waals surface area contributed by atoms with Gasteiger partial charge >= 0.3 is 0 Å². The summed E-state index contributed by atoms with van der Waals surface area (Å²) >= 11 is 0. The van der Waals surface area contributed by atoms with Gasteiger partial charge in [-0.2, -0.15) is 0 Å². The lowest BCUT2D eigenvalue weighted by Gasteiger charge is -2.31. The molecule has 1 aliphatic heterocycles. The molecule has 0 aromatic carbocycles. The van der Waals surface area contributed by atoms with E-state index in [2.05, 4.69) is 25.5 Å². The van der Waals surface area contributed by atoms with Crippen LogP contribution in [-0.4, -0.2) is 60.2 Å². The zero-order valence-corrected chi connectivity index (χ0v) is 16.9. The molecule has 7 nitrogen and oxygen atoms in total. The van der Waals surface area contributed by atoms with E-state index in [0.29, 0.717) is 24.9 Å². The summed E-state index contributed by atoms with van der Waals surface area (Å²) in [6.07, 6.45) is 4.90. The second kappa shape index (κ2) is 10.3. The van der Waals surface area contributed by atoms with Crippen molar-refractivity contribution >= 4 is 17.4 Å². The number of carbonyl (C=O) groups excluding carboxylic acids is 1. The van der Waals surface area contributed by atoms with E-state index in [1.54, 1.807) is 19.4 Å². The largest absolute Gasteiger partial charge is 0.383 e. The SMILES string of the molecule is COCC(C)NC(=O)CN1CCC(c2ccc(Nc3ccc(F)cn3)cn2)CC1. The monoisotopic (exact) mass is 401 g/mol. The minimum absolute atomic E-state index is 0.0199. The average Bonchev–Trinajstić information content (AvgIpc) is 2.71. The summed E-state index contributed by atoms with van der Waals surface area (Å²) in [5.74, 6) is 0.639. The first-order valence-corrected chi connectivity index (χ1v) is 9.88. The summed E-state index contributed by atoms with van der Waals surface area (Å²) in [6.45, 7) is 4.61.